The van der Waals surface area contributed by atoms with E-state index in [-0.39, 0.29) is 0 Å². The van der Waals surface area contributed by atoms with E-state index < -0.39 is 0 Å². The van der Waals surface area contributed by atoms with Crippen LogP contribution in [0, 0.1) is 17.4 Å². The Bertz CT molecular complexity index is 522. The van der Waals surface area contributed by atoms with Gasteiger partial charge in [0.05, 0.1) is 14.1 Å². The van der Waals surface area contributed by atoms with Crippen molar-refractivity contribution in [2.75, 3.05) is 12.4 Å². The molecule has 3 nitrogen and oxygen atoms in total. The van der Waals surface area contributed by atoms with Crippen molar-refractivity contribution < 1.29 is 0 Å². The Morgan fingerprint density at radius 1 is 1.25 bits per heavy atom. The molecule has 0 saturated carbocycles. The van der Waals surface area contributed by atoms with E-state index >= 15 is 0 Å². The third-order valence-corrected chi connectivity index (χ3v) is 4.50. The minimum Gasteiger partial charge on any atom is -0.372 e. The Morgan fingerprint density at radius 3 is 2.56 bits per heavy atom. The number of thiophene rings is 1. The van der Waals surface area contributed by atoms with Gasteiger partial charge in [-0.1, -0.05) is 0 Å². The first kappa shape index (κ1) is 11.8. The maximum absolute atomic E-state index is 4.52. The Morgan fingerprint density at radius 2 is 2.00 bits per heavy atom. The lowest BCUT2D eigenvalue weighted by atomic mass is 10.3. The number of aromatic nitrogens is 2. The fourth-order valence-corrected chi connectivity index (χ4v) is 2.70. The molecule has 5 heteroatoms. The van der Waals surface area contributed by atoms with Crippen LogP contribution in [0.4, 0.5) is 5.82 Å². The second kappa shape index (κ2) is 4.67. The van der Waals surface area contributed by atoms with Crippen LogP contribution >= 0.6 is 33.9 Å². The molecule has 2 rings (SSSR count). The molecule has 0 aromatic carbocycles. The summed E-state index contributed by atoms with van der Waals surface area (Å²) in [6.07, 6.45) is 0. The van der Waals surface area contributed by atoms with Crippen molar-refractivity contribution in [3.05, 3.63) is 26.3 Å². The Kier molecular flexibility index (Phi) is 3.44. The minimum absolute atomic E-state index is 0.806. The van der Waals surface area contributed by atoms with Gasteiger partial charge in [0.2, 0.25) is 0 Å². The highest BCUT2D eigenvalue weighted by Gasteiger charge is 2.10. The molecule has 0 aliphatic rings. The molecule has 1 N–H and O–H groups in total. The van der Waals surface area contributed by atoms with Gasteiger partial charge in [0.15, 0.2) is 5.82 Å². The van der Waals surface area contributed by atoms with E-state index in [4.69, 9.17) is 0 Å². The van der Waals surface area contributed by atoms with Gasteiger partial charge in [0.25, 0.3) is 0 Å². The third-order valence-electron chi connectivity index (χ3n) is 2.21. The zero-order valence-corrected chi connectivity index (χ0v) is 12.3. The minimum atomic E-state index is 0.806. The van der Waals surface area contributed by atoms with Crippen molar-refractivity contribution in [3.8, 4) is 10.7 Å². The molecule has 0 fully saturated rings. The van der Waals surface area contributed by atoms with Crippen molar-refractivity contribution in [2.24, 2.45) is 0 Å². The normalized spacial score (nSPS) is 10.5. The Labute approximate surface area is 112 Å². The third kappa shape index (κ3) is 2.20. The number of anilines is 1. The van der Waals surface area contributed by atoms with Gasteiger partial charge in [-0.25, -0.2) is 9.97 Å². The van der Waals surface area contributed by atoms with Crippen molar-refractivity contribution in [3.63, 3.8) is 0 Å². The van der Waals surface area contributed by atoms with Crippen LogP contribution in [0.25, 0.3) is 10.7 Å². The first-order valence-corrected chi connectivity index (χ1v) is 6.80. The lowest BCUT2D eigenvalue weighted by Crippen LogP contribution is -2.02. The van der Waals surface area contributed by atoms with Gasteiger partial charge in [0.1, 0.15) is 5.82 Å². The molecule has 16 heavy (non-hydrogen) atoms. The predicted octanol–water partition coefficient (Wildman–Crippen LogP) is 3.47. The molecule has 0 spiro atoms. The van der Waals surface area contributed by atoms with Crippen LogP contribution < -0.4 is 5.32 Å². The largest absolute Gasteiger partial charge is 0.372 e. The number of rotatable bonds is 2. The van der Waals surface area contributed by atoms with Crippen LogP contribution in [0.2, 0.25) is 0 Å². The lowest BCUT2D eigenvalue weighted by molar-refractivity contribution is 1.09. The molecule has 0 aliphatic heterocycles. The molecule has 2 aromatic rings. The average Bonchev–Trinajstić information content (AvgIpc) is 2.69. The second-order valence-electron chi connectivity index (χ2n) is 3.46. The van der Waals surface area contributed by atoms with Gasteiger partial charge in [-0.05, 0) is 48.6 Å². The fraction of sp³-hybridized carbons (Fsp3) is 0.273. The van der Waals surface area contributed by atoms with Gasteiger partial charge in [-0.15, -0.1) is 11.3 Å². The average molecular weight is 345 g/mol. The summed E-state index contributed by atoms with van der Waals surface area (Å²) in [5.74, 6) is 1.70. The summed E-state index contributed by atoms with van der Waals surface area (Å²) >= 11 is 3.98. The molecule has 0 unspecified atom stereocenters. The second-order valence-corrected chi connectivity index (χ2v) is 5.82. The van der Waals surface area contributed by atoms with Crippen molar-refractivity contribution >= 4 is 39.7 Å². The van der Waals surface area contributed by atoms with E-state index in [9.17, 15) is 0 Å². The lowest BCUT2D eigenvalue weighted by Gasteiger charge is -2.07. The highest BCUT2D eigenvalue weighted by Crippen LogP contribution is 2.28. The van der Waals surface area contributed by atoms with Crippen LogP contribution in [-0.2, 0) is 0 Å². The number of hydrogen-bond donors (Lipinski definition) is 1. The van der Waals surface area contributed by atoms with Crippen LogP contribution in [0.3, 0.4) is 0 Å². The number of halogens is 1. The summed E-state index contributed by atoms with van der Waals surface area (Å²) in [5, 5.41) is 3.10. The summed E-state index contributed by atoms with van der Waals surface area (Å²) in [6.45, 7) is 4.10. The molecule has 2 heterocycles. The smallest absolute Gasteiger partial charge is 0.171 e. The number of hydrogen-bond acceptors (Lipinski definition) is 4. The zero-order valence-electron chi connectivity index (χ0n) is 9.34. The standard InChI is InChI=1S/C11H12IN3S/c1-6-4-5-8(16-6)10-14-7(2)9(12)11(13-3)15-10/h4-5H,1-3H3,(H,13,14,15). The first-order valence-electron chi connectivity index (χ1n) is 4.90. The van der Waals surface area contributed by atoms with E-state index in [1.165, 1.54) is 4.88 Å². The maximum Gasteiger partial charge on any atom is 0.171 e. The number of aryl methyl sites for hydroxylation is 2. The molecule has 0 bridgehead atoms. The number of nitrogens with zero attached hydrogens (tertiary/aromatic N) is 2. The predicted molar refractivity (Wildman–Crippen MR) is 77.1 cm³/mol. The van der Waals surface area contributed by atoms with E-state index in [0.717, 1.165) is 25.8 Å². The molecule has 0 atom stereocenters. The Balaban J connectivity index is 2.54. The topological polar surface area (TPSA) is 37.8 Å². The number of nitrogens with one attached hydrogen (secondary N) is 1. The van der Waals surface area contributed by atoms with Crippen LogP contribution in [0.5, 0.6) is 0 Å². The van der Waals surface area contributed by atoms with Gasteiger partial charge in [0, 0.05) is 11.9 Å². The summed E-state index contributed by atoms with van der Waals surface area (Å²) in [6, 6.07) is 4.16. The molecule has 0 amide bonds. The van der Waals surface area contributed by atoms with Gasteiger partial charge < -0.3 is 5.32 Å². The molecule has 0 radical (unpaired) electrons. The molecule has 0 saturated heterocycles. The first-order chi connectivity index (χ1) is 7.61. The summed E-state index contributed by atoms with van der Waals surface area (Å²) in [5.41, 5.74) is 1.01. The maximum atomic E-state index is 4.52. The van der Waals surface area contributed by atoms with Crippen LogP contribution in [-0.4, -0.2) is 17.0 Å². The zero-order chi connectivity index (χ0) is 11.7. The van der Waals surface area contributed by atoms with Gasteiger partial charge >= 0.3 is 0 Å². The highest BCUT2D eigenvalue weighted by molar-refractivity contribution is 14.1. The Hall–Kier alpha value is -0.690. The molecular formula is C11H12IN3S. The van der Waals surface area contributed by atoms with Gasteiger partial charge in [-0.3, -0.25) is 0 Å². The van der Waals surface area contributed by atoms with Crippen molar-refractivity contribution in [1.82, 2.24) is 9.97 Å². The quantitative estimate of drug-likeness (QED) is 0.847. The summed E-state index contributed by atoms with van der Waals surface area (Å²) in [7, 11) is 1.88. The monoisotopic (exact) mass is 345 g/mol. The van der Waals surface area contributed by atoms with Crippen LogP contribution in [0.15, 0.2) is 12.1 Å². The van der Waals surface area contributed by atoms with Crippen molar-refractivity contribution in [1.29, 1.82) is 0 Å². The summed E-state index contributed by atoms with van der Waals surface area (Å²) < 4.78 is 1.08. The molecule has 84 valence electrons. The van der Waals surface area contributed by atoms with E-state index in [1.807, 2.05) is 14.0 Å². The van der Waals surface area contributed by atoms with E-state index in [0.29, 0.717) is 0 Å². The van der Waals surface area contributed by atoms with Crippen LogP contribution in [0.1, 0.15) is 10.6 Å². The summed E-state index contributed by atoms with van der Waals surface area (Å²) in [4.78, 5) is 11.4. The molecule has 0 aliphatic carbocycles. The van der Waals surface area contributed by atoms with Crippen molar-refractivity contribution in [2.45, 2.75) is 13.8 Å². The molecular weight excluding hydrogens is 333 g/mol. The highest BCUT2D eigenvalue weighted by atomic mass is 127. The fourth-order valence-electron chi connectivity index (χ4n) is 1.39. The SMILES string of the molecule is CNc1nc(-c2ccc(C)s2)nc(C)c1I. The molecule has 2 aromatic heterocycles. The van der Waals surface area contributed by atoms with E-state index in [1.54, 1.807) is 11.3 Å². The van der Waals surface area contributed by atoms with E-state index in [2.05, 4.69) is 56.9 Å². The van der Waals surface area contributed by atoms with Gasteiger partial charge in [-0.2, -0.15) is 0 Å².